The third kappa shape index (κ3) is 7.50. The molecule has 1 aromatic carbocycles. The highest BCUT2D eigenvalue weighted by atomic mass is 16.5. The summed E-state index contributed by atoms with van der Waals surface area (Å²) in [6.07, 6.45) is 6.93. The highest BCUT2D eigenvalue weighted by Crippen LogP contribution is 2.10. The lowest BCUT2D eigenvalue weighted by molar-refractivity contribution is -0.143. The number of phenolic OH excluding ortho intramolecular Hbond substituents is 1. The number of hydrogen-bond donors (Lipinski definition) is 1. The zero-order valence-electron chi connectivity index (χ0n) is 11.7. The molecule has 0 aliphatic rings. The van der Waals surface area contributed by atoms with Crippen LogP contribution in [0.3, 0.4) is 0 Å². The molecule has 1 rings (SSSR count). The fourth-order valence-corrected chi connectivity index (χ4v) is 1.89. The van der Waals surface area contributed by atoms with Crippen LogP contribution >= 0.6 is 0 Å². The van der Waals surface area contributed by atoms with Crippen LogP contribution in [0.4, 0.5) is 0 Å². The van der Waals surface area contributed by atoms with Crippen LogP contribution in [0.15, 0.2) is 24.3 Å². The Morgan fingerprint density at radius 3 is 2.47 bits per heavy atom. The maximum Gasteiger partial charge on any atom is 0.305 e. The first-order chi connectivity index (χ1) is 9.22. The van der Waals surface area contributed by atoms with Crippen LogP contribution in [0.2, 0.25) is 0 Å². The molecule has 3 nitrogen and oxygen atoms in total. The summed E-state index contributed by atoms with van der Waals surface area (Å²) in [6, 6.07) is 6.97. The van der Waals surface area contributed by atoms with Crippen LogP contribution in [0, 0.1) is 0 Å². The Morgan fingerprint density at radius 1 is 1.11 bits per heavy atom. The molecule has 0 bridgehead atoms. The van der Waals surface area contributed by atoms with Crippen molar-refractivity contribution in [3.8, 4) is 5.75 Å². The van der Waals surface area contributed by atoms with Gasteiger partial charge in [-0.05, 0) is 24.1 Å². The lowest BCUT2D eigenvalue weighted by atomic mass is 10.1. The molecule has 0 unspecified atom stereocenters. The van der Waals surface area contributed by atoms with Crippen molar-refractivity contribution in [1.82, 2.24) is 0 Å². The van der Waals surface area contributed by atoms with Gasteiger partial charge in [0.1, 0.15) is 5.75 Å². The summed E-state index contributed by atoms with van der Waals surface area (Å²) in [5, 5.41) is 9.14. The summed E-state index contributed by atoms with van der Waals surface area (Å²) in [5.41, 5.74) is 1.06. The fourth-order valence-electron chi connectivity index (χ4n) is 1.89. The first-order valence-electron chi connectivity index (χ1n) is 7.16. The number of phenols is 1. The molecule has 0 heterocycles. The van der Waals surface area contributed by atoms with Crippen molar-refractivity contribution < 1.29 is 14.6 Å². The fraction of sp³-hybridized carbons (Fsp3) is 0.562. The predicted molar refractivity (Wildman–Crippen MR) is 76.1 cm³/mol. The van der Waals surface area contributed by atoms with Crippen molar-refractivity contribution in [2.45, 2.75) is 51.9 Å². The van der Waals surface area contributed by atoms with E-state index in [1.165, 1.54) is 19.3 Å². The molecule has 0 aliphatic heterocycles. The maximum atomic E-state index is 11.5. The lowest BCUT2D eigenvalue weighted by Crippen LogP contribution is -2.07. The van der Waals surface area contributed by atoms with Gasteiger partial charge in [-0.3, -0.25) is 4.79 Å². The molecule has 0 aliphatic carbocycles. The number of carbonyl (C=O) groups excluding carboxylic acids is 1. The Balaban J connectivity index is 2.05. The van der Waals surface area contributed by atoms with Crippen LogP contribution in [0.5, 0.6) is 5.75 Å². The Hall–Kier alpha value is -1.51. The van der Waals surface area contributed by atoms with E-state index in [0.717, 1.165) is 18.4 Å². The summed E-state index contributed by atoms with van der Waals surface area (Å²) in [7, 11) is 0. The smallest absolute Gasteiger partial charge is 0.305 e. The molecule has 0 atom stereocenters. The second-order valence-electron chi connectivity index (χ2n) is 4.80. The topological polar surface area (TPSA) is 46.5 Å². The van der Waals surface area contributed by atoms with Crippen molar-refractivity contribution in [3.05, 3.63) is 29.8 Å². The van der Waals surface area contributed by atoms with E-state index in [2.05, 4.69) is 6.92 Å². The van der Waals surface area contributed by atoms with E-state index in [1.54, 1.807) is 12.1 Å². The van der Waals surface area contributed by atoms with Crippen LogP contribution in [0.1, 0.15) is 51.0 Å². The molecular formula is C16H24O3. The zero-order chi connectivity index (χ0) is 13.9. The van der Waals surface area contributed by atoms with Crippen molar-refractivity contribution in [3.63, 3.8) is 0 Å². The van der Waals surface area contributed by atoms with E-state index in [-0.39, 0.29) is 11.7 Å². The molecule has 1 N–H and O–H groups in total. The second kappa shape index (κ2) is 9.42. The second-order valence-corrected chi connectivity index (χ2v) is 4.80. The van der Waals surface area contributed by atoms with Crippen LogP contribution < -0.4 is 0 Å². The van der Waals surface area contributed by atoms with E-state index in [1.807, 2.05) is 12.1 Å². The summed E-state index contributed by atoms with van der Waals surface area (Å²) in [6.45, 7) is 2.59. The largest absolute Gasteiger partial charge is 0.508 e. The minimum atomic E-state index is -0.102. The van der Waals surface area contributed by atoms with E-state index in [0.29, 0.717) is 19.4 Å². The third-order valence-electron chi connectivity index (χ3n) is 3.07. The quantitative estimate of drug-likeness (QED) is 0.544. The van der Waals surface area contributed by atoms with E-state index in [9.17, 15) is 4.79 Å². The minimum absolute atomic E-state index is 0.102. The molecule has 0 saturated carbocycles. The zero-order valence-corrected chi connectivity index (χ0v) is 11.7. The Labute approximate surface area is 115 Å². The molecule has 0 fully saturated rings. The number of carbonyl (C=O) groups is 1. The van der Waals surface area contributed by atoms with Gasteiger partial charge in [0, 0.05) is 12.8 Å². The van der Waals surface area contributed by atoms with Crippen LogP contribution in [0.25, 0.3) is 0 Å². The van der Waals surface area contributed by atoms with Gasteiger partial charge in [-0.25, -0.2) is 0 Å². The molecule has 19 heavy (non-hydrogen) atoms. The van der Waals surface area contributed by atoms with E-state index in [4.69, 9.17) is 9.84 Å². The number of ether oxygens (including phenoxy) is 1. The van der Waals surface area contributed by atoms with Crippen LogP contribution in [-0.4, -0.2) is 17.7 Å². The number of esters is 1. The van der Waals surface area contributed by atoms with Gasteiger partial charge in [-0.1, -0.05) is 44.7 Å². The number of hydrogen-bond acceptors (Lipinski definition) is 3. The van der Waals surface area contributed by atoms with Gasteiger partial charge in [-0.15, -0.1) is 0 Å². The predicted octanol–water partition coefficient (Wildman–Crippen LogP) is 3.84. The lowest BCUT2D eigenvalue weighted by Gasteiger charge is -2.05. The molecule has 0 aromatic heterocycles. The first kappa shape index (κ1) is 15.5. The SMILES string of the molecule is CCCCCCCC(=O)OCCc1ccc(O)cc1. The van der Waals surface area contributed by atoms with Gasteiger partial charge < -0.3 is 9.84 Å². The van der Waals surface area contributed by atoms with Gasteiger partial charge >= 0.3 is 5.97 Å². The normalized spacial score (nSPS) is 10.4. The number of rotatable bonds is 9. The molecule has 3 heteroatoms. The van der Waals surface area contributed by atoms with Gasteiger partial charge in [0.05, 0.1) is 6.61 Å². The number of aromatic hydroxyl groups is 1. The highest BCUT2D eigenvalue weighted by molar-refractivity contribution is 5.69. The minimum Gasteiger partial charge on any atom is -0.508 e. The third-order valence-corrected chi connectivity index (χ3v) is 3.07. The molecule has 1 aromatic rings. The summed E-state index contributed by atoms with van der Waals surface area (Å²) < 4.78 is 5.18. The highest BCUT2D eigenvalue weighted by Gasteiger charge is 2.02. The monoisotopic (exact) mass is 264 g/mol. The Morgan fingerprint density at radius 2 is 1.79 bits per heavy atom. The van der Waals surface area contributed by atoms with Crippen molar-refractivity contribution in [1.29, 1.82) is 0 Å². The molecule has 0 saturated heterocycles. The van der Waals surface area contributed by atoms with Crippen LogP contribution in [-0.2, 0) is 16.0 Å². The molecule has 0 spiro atoms. The van der Waals surface area contributed by atoms with Crippen molar-refractivity contribution in [2.75, 3.05) is 6.61 Å². The average molecular weight is 264 g/mol. The summed E-state index contributed by atoms with van der Waals surface area (Å²) >= 11 is 0. The van der Waals surface area contributed by atoms with Gasteiger partial charge in [0.15, 0.2) is 0 Å². The summed E-state index contributed by atoms with van der Waals surface area (Å²) in [5.74, 6) is 0.156. The van der Waals surface area contributed by atoms with Gasteiger partial charge in [0.2, 0.25) is 0 Å². The van der Waals surface area contributed by atoms with Gasteiger partial charge in [-0.2, -0.15) is 0 Å². The number of unbranched alkanes of at least 4 members (excludes halogenated alkanes) is 4. The maximum absolute atomic E-state index is 11.5. The molecule has 0 amide bonds. The Bertz CT molecular complexity index is 357. The molecule has 0 radical (unpaired) electrons. The van der Waals surface area contributed by atoms with Crippen molar-refractivity contribution in [2.24, 2.45) is 0 Å². The van der Waals surface area contributed by atoms with E-state index < -0.39 is 0 Å². The van der Waals surface area contributed by atoms with Crippen molar-refractivity contribution >= 4 is 5.97 Å². The summed E-state index contributed by atoms with van der Waals surface area (Å²) in [4.78, 5) is 11.5. The standard InChI is InChI=1S/C16H24O3/c1-2-3-4-5-6-7-16(18)19-13-12-14-8-10-15(17)11-9-14/h8-11,17H,2-7,12-13H2,1H3. The Kier molecular flexibility index (Phi) is 7.71. The molecule has 106 valence electrons. The van der Waals surface area contributed by atoms with Gasteiger partial charge in [0.25, 0.3) is 0 Å². The first-order valence-corrected chi connectivity index (χ1v) is 7.16. The molecular weight excluding hydrogens is 240 g/mol. The average Bonchev–Trinajstić information content (AvgIpc) is 2.41. The number of benzene rings is 1. The van der Waals surface area contributed by atoms with E-state index >= 15 is 0 Å².